The molecule has 2 amide bonds. The second-order valence-electron chi connectivity index (χ2n) is 7.05. The fraction of sp³-hybridized carbons (Fsp3) is 0.526. The molecule has 0 unspecified atom stereocenters. The van der Waals surface area contributed by atoms with Gasteiger partial charge in [0.2, 0.25) is 5.91 Å². The van der Waals surface area contributed by atoms with Crippen LogP contribution in [0.15, 0.2) is 30.3 Å². The van der Waals surface area contributed by atoms with Crippen molar-refractivity contribution in [3.63, 3.8) is 0 Å². The third-order valence-electron chi connectivity index (χ3n) is 4.68. The number of rotatable bonds is 6. The van der Waals surface area contributed by atoms with Crippen molar-refractivity contribution in [2.24, 2.45) is 5.92 Å². The molecule has 1 aromatic carbocycles. The normalized spacial score (nSPS) is 24.7. The first-order valence-electron chi connectivity index (χ1n) is 8.89. The Morgan fingerprint density at radius 3 is 2.77 bits per heavy atom. The molecule has 2 atom stereocenters. The molecule has 2 aliphatic rings. The number of nitrogens with zero attached hydrogens (tertiary/aromatic N) is 1. The van der Waals surface area contributed by atoms with Crippen molar-refractivity contribution in [3.8, 4) is 0 Å². The minimum atomic E-state index is -0.645. The number of nitrogens with one attached hydrogen (secondary N) is 1. The Morgan fingerprint density at radius 2 is 2.08 bits per heavy atom. The molecule has 0 radical (unpaired) electrons. The maximum absolute atomic E-state index is 12.5. The minimum absolute atomic E-state index is 0.0370. The van der Waals surface area contributed by atoms with Crippen LogP contribution in [-0.2, 0) is 24.0 Å². The van der Waals surface area contributed by atoms with E-state index in [0.29, 0.717) is 31.1 Å². The third-order valence-corrected chi connectivity index (χ3v) is 6.27. The topological polar surface area (TPSA) is 75.7 Å². The van der Waals surface area contributed by atoms with Crippen molar-refractivity contribution in [1.29, 1.82) is 0 Å². The summed E-state index contributed by atoms with van der Waals surface area (Å²) in [6.45, 7) is 4.21. The molecule has 26 heavy (non-hydrogen) atoms. The Labute approximate surface area is 157 Å². The van der Waals surface area contributed by atoms with Gasteiger partial charge in [0.1, 0.15) is 10.9 Å². The second-order valence-corrected chi connectivity index (χ2v) is 8.34. The van der Waals surface area contributed by atoms with Crippen molar-refractivity contribution in [3.05, 3.63) is 35.9 Å². The van der Waals surface area contributed by atoms with Crippen LogP contribution in [0.5, 0.6) is 0 Å². The molecule has 140 valence electrons. The number of carbonyl (C=O) groups is 3. The highest BCUT2D eigenvalue weighted by atomic mass is 32.2. The first-order chi connectivity index (χ1) is 12.4. The summed E-state index contributed by atoms with van der Waals surface area (Å²) in [5, 5.41) is 2.71. The van der Waals surface area contributed by atoms with Crippen LogP contribution in [0.25, 0.3) is 0 Å². The number of hydrogen-bond acceptors (Lipinski definition) is 5. The zero-order valence-corrected chi connectivity index (χ0v) is 15.9. The molecule has 2 saturated heterocycles. The maximum atomic E-state index is 12.5. The van der Waals surface area contributed by atoms with E-state index in [1.165, 1.54) is 0 Å². The molecular formula is C19H24N2O4S. The molecule has 1 aromatic rings. The van der Waals surface area contributed by atoms with E-state index < -0.39 is 16.9 Å². The van der Waals surface area contributed by atoms with Gasteiger partial charge < -0.3 is 15.0 Å². The smallest absolute Gasteiger partial charge is 0.330 e. The van der Waals surface area contributed by atoms with Gasteiger partial charge in [-0.3, -0.25) is 9.59 Å². The first kappa shape index (κ1) is 18.8. The van der Waals surface area contributed by atoms with Gasteiger partial charge in [-0.15, -0.1) is 11.8 Å². The lowest BCUT2D eigenvalue weighted by Crippen LogP contribution is -2.47. The summed E-state index contributed by atoms with van der Waals surface area (Å²) in [4.78, 5) is 38.0. The van der Waals surface area contributed by atoms with Crippen LogP contribution in [0.2, 0.25) is 0 Å². The lowest BCUT2D eigenvalue weighted by molar-refractivity contribution is -0.156. The van der Waals surface area contributed by atoms with Crippen molar-refractivity contribution in [1.82, 2.24) is 10.2 Å². The molecule has 2 heterocycles. The molecule has 0 saturated carbocycles. The molecule has 0 bridgehead atoms. The van der Waals surface area contributed by atoms with Crippen LogP contribution < -0.4 is 5.32 Å². The van der Waals surface area contributed by atoms with Crippen molar-refractivity contribution >= 4 is 29.5 Å². The van der Waals surface area contributed by atoms with E-state index in [1.807, 2.05) is 44.2 Å². The summed E-state index contributed by atoms with van der Waals surface area (Å²) < 4.78 is 5.20. The second kappa shape index (κ2) is 7.70. The quantitative estimate of drug-likeness (QED) is 0.768. The summed E-state index contributed by atoms with van der Waals surface area (Å²) >= 11 is 1.61. The molecule has 0 aliphatic carbocycles. The molecule has 0 spiro atoms. The van der Waals surface area contributed by atoms with Crippen molar-refractivity contribution < 1.29 is 19.1 Å². The Kier molecular flexibility index (Phi) is 5.55. The Hall–Kier alpha value is -2.02. The molecule has 6 nitrogen and oxygen atoms in total. The number of fused-ring (bicyclic) bond motifs is 1. The van der Waals surface area contributed by atoms with Gasteiger partial charge in [-0.05, 0) is 17.9 Å². The highest BCUT2D eigenvalue weighted by molar-refractivity contribution is 8.00. The summed E-state index contributed by atoms with van der Waals surface area (Å²) in [7, 11) is 0. The van der Waals surface area contributed by atoms with E-state index in [9.17, 15) is 14.4 Å². The fourth-order valence-electron chi connectivity index (χ4n) is 3.42. The van der Waals surface area contributed by atoms with Gasteiger partial charge in [-0.2, -0.15) is 0 Å². The maximum Gasteiger partial charge on any atom is 0.330 e. The van der Waals surface area contributed by atoms with Crippen molar-refractivity contribution in [2.75, 3.05) is 18.9 Å². The first-order valence-corrected chi connectivity index (χ1v) is 9.87. The standard InChI is InChI=1S/C19H24N2O4S/c1-13(2)10-20-16(22)11-25-18(24)15-12-26-19(9-8-17(23)21(15)19)14-6-4-3-5-7-14/h3-7,13,15H,8-12H2,1-2H3,(H,20,22)/t15-,19-/m1/s1. The van der Waals surface area contributed by atoms with Crippen molar-refractivity contribution in [2.45, 2.75) is 37.6 Å². The number of ether oxygens (including phenoxy) is 1. The summed E-state index contributed by atoms with van der Waals surface area (Å²) in [6, 6.07) is 9.15. The van der Waals surface area contributed by atoms with E-state index in [1.54, 1.807) is 16.7 Å². The molecule has 3 rings (SSSR count). The van der Waals surface area contributed by atoms with Crippen LogP contribution >= 0.6 is 11.8 Å². The molecule has 2 aliphatic heterocycles. The van der Waals surface area contributed by atoms with Gasteiger partial charge in [0.25, 0.3) is 5.91 Å². The summed E-state index contributed by atoms with van der Waals surface area (Å²) in [5.74, 6) is -0.0581. The van der Waals surface area contributed by atoms with Gasteiger partial charge in [-0.25, -0.2) is 4.79 Å². The predicted molar refractivity (Wildman–Crippen MR) is 99.3 cm³/mol. The van der Waals surface area contributed by atoms with E-state index in [2.05, 4.69) is 5.32 Å². The monoisotopic (exact) mass is 376 g/mol. The Bertz CT molecular complexity index is 694. The van der Waals surface area contributed by atoms with Crippen LogP contribution in [0.4, 0.5) is 0 Å². The molecular weight excluding hydrogens is 352 g/mol. The molecule has 0 aromatic heterocycles. The number of amides is 2. The van der Waals surface area contributed by atoms with Gasteiger partial charge >= 0.3 is 5.97 Å². The van der Waals surface area contributed by atoms with Crippen LogP contribution in [-0.4, -0.2) is 47.6 Å². The zero-order chi connectivity index (χ0) is 18.7. The number of esters is 1. The van der Waals surface area contributed by atoms with Gasteiger partial charge in [0.15, 0.2) is 6.61 Å². The third kappa shape index (κ3) is 3.58. The zero-order valence-electron chi connectivity index (χ0n) is 15.1. The van der Waals surface area contributed by atoms with Gasteiger partial charge in [0.05, 0.1) is 0 Å². The van der Waals surface area contributed by atoms with E-state index >= 15 is 0 Å². The van der Waals surface area contributed by atoms with Crippen LogP contribution in [0, 0.1) is 5.92 Å². The number of carbonyl (C=O) groups excluding carboxylic acids is 3. The van der Waals surface area contributed by atoms with Crippen LogP contribution in [0.3, 0.4) is 0 Å². The lowest BCUT2D eigenvalue weighted by atomic mass is 10.0. The minimum Gasteiger partial charge on any atom is -0.454 e. The Balaban J connectivity index is 1.67. The number of hydrogen-bond donors (Lipinski definition) is 1. The summed E-state index contributed by atoms with van der Waals surface area (Å²) in [5.41, 5.74) is 1.03. The van der Waals surface area contributed by atoms with E-state index in [-0.39, 0.29) is 18.4 Å². The van der Waals surface area contributed by atoms with Gasteiger partial charge in [-0.1, -0.05) is 44.2 Å². The lowest BCUT2D eigenvalue weighted by Gasteiger charge is -2.33. The van der Waals surface area contributed by atoms with Gasteiger partial charge in [0, 0.05) is 18.7 Å². The SMILES string of the molecule is CC(C)CNC(=O)COC(=O)[C@H]1CS[C@@]2(c3ccccc3)CCC(=O)N12. The van der Waals surface area contributed by atoms with Crippen LogP contribution in [0.1, 0.15) is 32.3 Å². The number of thioether (sulfide) groups is 1. The average Bonchev–Trinajstić information content (AvgIpc) is 3.18. The van der Waals surface area contributed by atoms with E-state index in [4.69, 9.17) is 4.74 Å². The molecule has 7 heteroatoms. The fourth-order valence-corrected chi connectivity index (χ4v) is 5.05. The number of benzene rings is 1. The largest absolute Gasteiger partial charge is 0.454 e. The highest BCUT2D eigenvalue weighted by Gasteiger charge is 2.57. The van der Waals surface area contributed by atoms with E-state index in [0.717, 1.165) is 5.56 Å². The average molecular weight is 376 g/mol. The predicted octanol–water partition coefficient (Wildman–Crippen LogP) is 1.89. The molecule has 2 fully saturated rings. The summed E-state index contributed by atoms with van der Waals surface area (Å²) in [6.07, 6.45) is 1.10. The Morgan fingerprint density at radius 1 is 1.35 bits per heavy atom. The molecule has 1 N–H and O–H groups in total. The highest BCUT2D eigenvalue weighted by Crippen LogP contribution is 2.54.